The Morgan fingerprint density at radius 2 is 1.57 bits per heavy atom. The molecule has 10 heteroatoms. The number of esters is 1. The monoisotopic (exact) mass is 405 g/mol. The molecule has 2 aromatic rings. The van der Waals surface area contributed by atoms with Crippen LogP contribution in [0.15, 0.2) is 53.5 Å². The number of hydrogen-bond acceptors (Lipinski definition) is 7. The molecule has 0 aliphatic rings. The zero-order valence-corrected chi connectivity index (χ0v) is 16.0. The van der Waals surface area contributed by atoms with Gasteiger partial charge in [-0.1, -0.05) is 12.1 Å². The highest BCUT2D eigenvalue weighted by atomic mass is 32.2. The van der Waals surface area contributed by atoms with Crippen LogP contribution in [0.5, 0.6) is 5.75 Å². The van der Waals surface area contributed by atoms with Gasteiger partial charge < -0.3 is 20.4 Å². The first kappa shape index (κ1) is 20.9. The number of rotatable bonds is 6. The van der Waals surface area contributed by atoms with Gasteiger partial charge in [0.1, 0.15) is 5.75 Å². The number of benzene rings is 2. The summed E-state index contributed by atoms with van der Waals surface area (Å²) in [6, 6.07) is 12.2. The van der Waals surface area contributed by atoms with Gasteiger partial charge in [0.2, 0.25) is 0 Å². The van der Waals surface area contributed by atoms with E-state index < -0.39 is 28.0 Å². The maximum Gasteiger partial charge on any atom is 0.343 e. The minimum Gasteiger partial charge on any atom is -0.423 e. The number of carbonyl (C=O) groups is 2. The lowest BCUT2D eigenvalue weighted by Gasteiger charge is -2.11. The Labute approximate surface area is 162 Å². The largest absolute Gasteiger partial charge is 0.423 e. The van der Waals surface area contributed by atoms with E-state index in [0.29, 0.717) is 16.8 Å². The van der Waals surface area contributed by atoms with Gasteiger partial charge >= 0.3 is 22.1 Å². The highest BCUT2D eigenvalue weighted by molar-refractivity contribution is 7.86. The van der Waals surface area contributed by atoms with E-state index in [2.05, 4.69) is 9.18 Å². The van der Waals surface area contributed by atoms with Crippen LogP contribution in [0.4, 0.5) is 5.69 Å². The van der Waals surface area contributed by atoms with Gasteiger partial charge in [-0.2, -0.15) is 8.42 Å². The summed E-state index contributed by atoms with van der Waals surface area (Å²) in [4.78, 5) is 27.8. The summed E-state index contributed by atoms with van der Waals surface area (Å²) in [5, 5.41) is 0. The molecule has 0 bridgehead atoms. The molecule has 2 rings (SSSR count). The van der Waals surface area contributed by atoms with Crippen LogP contribution in [0.3, 0.4) is 0 Å². The van der Waals surface area contributed by atoms with Crippen molar-refractivity contribution in [2.75, 3.05) is 6.26 Å². The third-order valence-electron chi connectivity index (χ3n) is 3.54. The Morgan fingerprint density at radius 1 is 1.00 bits per heavy atom. The molecule has 0 aliphatic heterocycles. The molecule has 148 valence electrons. The van der Waals surface area contributed by atoms with Crippen LogP contribution in [0.1, 0.15) is 28.8 Å². The van der Waals surface area contributed by atoms with E-state index in [4.69, 9.17) is 16.2 Å². The van der Waals surface area contributed by atoms with E-state index in [0.717, 1.165) is 6.26 Å². The second-order valence-electron chi connectivity index (χ2n) is 5.87. The molecule has 0 radical (unpaired) electrons. The summed E-state index contributed by atoms with van der Waals surface area (Å²) >= 11 is 0. The first-order valence-electron chi connectivity index (χ1n) is 8.00. The Hall–Kier alpha value is -3.40. The smallest absolute Gasteiger partial charge is 0.343 e. The summed E-state index contributed by atoms with van der Waals surface area (Å²) in [5.74, 6) is -2.13. The van der Waals surface area contributed by atoms with Crippen LogP contribution in [0, 0.1) is 0 Å². The minimum atomic E-state index is -3.88. The molecule has 0 saturated heterocycles. The highest BCUT2D eigenvalue weighted by Crippen LogP contribution is 2.22. The van der Waals surface area contributed by atoms with Crippen molar-refractivity contribution in [1.29, 1.82) is 0 Å². The van der Waals surface area contributed by atoms with Crippen molar-refractivity contribution in [1.82, 2.24) is 0 Å². The summed E-state index contributed by atoms with van der Waals surface area (Å²) in [6.45, 7) is 1.51. The van der Waals surface area contributed by atoms with Crippen molar-refractivity contribution in [3.63, 3.8) is 0 Å². The molecule has 0 spiro atoms. The van der Waals surface area contributed by atoms with Crippen LogP contribution >= 0.6 is 0 Å². The van der Waals surface area contributed by atoms with E-state index >= 15 is 0 Å². The molecule has 0 amide bonds. The number of carbonyl (C=O) groups excluding carboxylic acids is 2. The van der Waals surface area contributed by atoms with E-state index in [-0.39, 0.29) is 11.7 Å². The summed E-state index contributed by atoms with van der Waals surface area (Å²) < 4.78 is 31.7. The third-order valence-corrected chi connectivity index (χ3v) is 4.01. The Kier molecular flexibility index (Phi) is 6.37. The van der Waals surface area contributed by atoms with Gasteiger partial charge in [-0.25, -0.2) is 9.79 Å². The van der Waals surface area contributed by atoms with Gasteiger partial charge in [0.15, 0.2) is 5.96 Å². The predicted octanol–water partition coefficient (Wildman–Crippen LogP) is 1.42. The average Bonchev–Trinajstić information content (AvgIpc) is 2.60. The second kappa shape index (κ2) is 8.53. The fourth-order valence-electron chi connectivity index (χ4n) is 2.17. The van der Waals surface area contributed by atoms with Crippen molar-refractivity contribution >= 4 is 33.7 Å². The van der Waals surface area contributed by atoms with Crippen LogP contribution in [-0.2, 0) is 19.1 Å². The normalized spacial score (nSPS) is 11.9. The lowest BCUT2D eigenvalue weighted by atomic mass is 10.0. The van der Waals surface area contributed by atoms with Crippen molar-refractivity contribution in [2.45, 2.75) is 12.8 Å². The average molecular weight is 405 g/mol. The van der Waals surface area contributed by atoms with Crippen LogP contribution in [-0.4, -0.2) is 32.6 Å². The van der Waals surface area contributed by atoms with Gasteiger partial charge in [-0.3, -0.25) is 4.79 Å². The maximum atomic E-state index is 12.2. The lowest BCUT2D eigenvalue weighted by molar-refractivity contribution is -0.135. The first-order chi connectivity index (χ1) is 13.0. The van der Waals surface area contributed by atoms with Gasteiger partial charge in [-0.15, -0.1) is 0 Å². The summed E-state index contributed by atoms with van der Waals surface area (Å²) in [7, 11) is -3.88. The van der Waals surface area contributed by atoms with Gasteiger partial charge in [0.25, 0.3) is 0 Å². The lowest BCUT2D eigenvalue weighted by Crippen LogP contribution is -2.21. The number of nitrogens with two attached hydrogens (primary N) is 2. The number of guanidine groups is 1. The zero-order chi connectivity index (χ0) is 20.9. The van der Waals surface area contributed by atoms with Gasteiger partial charge in [0.05, 0.1) is 23.4 Å². The predicted molar refractivity (Wildman–Crippen MR) is 103 cm³/mol. The molecule has 0 saturated carbocycles. The molecule has 0 aliphatic carbocycles. The maximum absolute atomic E-state index is 12.2. The van der Waals surface area contributed by atoms with E-state index in [1.807, 2.05) is 0 Å². The first-order valence-corrected chi connectivity index (χ1v) is 9.82. The molecule has 1 atom stereocenters. The zero-order valence-electron chi connectivity index (χ0n) is 15.2. The third kappa shape index (κ3) is 6.09. The van der Waals surface area contributed by atoms with Crippen molar-refractivity contribution < 1.29 is 26.9 Å². The highest BCUT2D eigenvalue weighted by Gasteiger charge is 2.21. The van der Waals surface area contributed by atoms with Crippen LogP contribution in [0.2, 0.25) is 0 Å². The SMILES string of the molecule is C[C@@H](C(=O)OS(C)(=O)=O)c1ccc(OC(=O)c2ccc(N=C(N)N)cc2)cc1. The van der Waals surface area contributed by atoms with Gasteiger partial charge in [-0.05, 0) is 48.9 Å². The molecular weight excluding hydrogens is 386 g/mol. The number of aliphatic imine (C=N–C) groups is 1. The number of ether oxygens (including phenoxy) is 1. The number of nitrogens with zero attached hydrogens (tertiary/aromatic N) is 1. The number of hydrogen-bond donors (Lipinski definition) is 2. The molecule has 9 nitrogen and oxygen atoms in total. The molecule has 0 aromatic heterocycles. The Balaban J connectivity index is 2.04. The Bertz CT molecular complexity index is 995. The van der Waals surface area contributed by atoms with Crippen molar-refractivity contribution in [3.05, 3.63) is 59.7 Å². The minimum absolute atomic E-state index is 0.0925. The molecule has 0 fully saturated rings. The van der Waals surface area contributed by atoms with E-state index in [1.165, 1.54) is 31.2 Å². The fraction of sp³-hybridized carbons (Fsp3) is 0.167. The molecule has 4 N–H and O–H groups in total. The van der Waals surface area contributed by atoms with Crippen molar-refractivity contribution in [3.8, 4) is 5.75 Å². The summed E-state index contributed by atoms with van der Waals surface area (Å²) in [5.41, 5.74) is 11.9. The second-order valence-corrected chi connectivity index (χ2v) is 7.45. The van der Waals surface area contributed by atoms with Crippen LogP contribution < -0.4 is 16.2 Å². The molecule has 0 unspecified atom stereocenters. The molecule has 28 heavy (non-hydrogen) atoms. The summed E-state index contributed by atoms with van der Waals surface area (Å²) in [6.07, 6.45) is 0.796. The van der Waals surface area contributed by atoms with E-state index in [1.54, 1.807) is 24.3 Å². The quantitative estimate of drug-likeness (QED) is 0.241. The molecular formula is C18H19N3O6S. The van der Waals surface area contributed by atoms with E-state index in [9.17, 15) is 18.0 Å². The standard InChI is InChI=1S/C18H19N3O6S/c1-11(16(22)27-28(2,24)25)12-5-9-15(10-6-12)26-17(23)13-3-7-14(8-4-13)21-18(19)20/h3-11H,1-2H3,(H4,19,20,21)/t11-/m1/s1. The molecule has 2 aromatic carbocycles. The van der Waals surface area contributed by atoms with Crippen molar-refractivity contribution in [2.24, 2.45) is 16.5 Å². The van der Waals surface area contributed by atoms with Gasteiger partial charge in [0, 0.05) is 0 Å². The molecule has 0 heterocycles. The Morgan fingerprint density at radius 3 is 2.07 bits per heavy atom. The fourth-order valence-corrected chi connectivity index (χ4v) is 2.61. The van der Waals surface area contributed by atoms with Crippen LogP contribution in [0.25, 0.3) is 0 Å². The topological polar surface area (TPSA) is 151 Å².